The zero-order valence-corrected chi connectivity index (χ0v) is 14.1. The summed E-state index contributed by atoms with van der Waals surface area (Å²) in [6, 6.07) is 3.52. The highest BCUT2D eigenvalue weighted by Gasteiger charge is 2.35. The van der Waals surface area contributed by atoms with Crippen LogP contribution in [0.1, 0.15) is 31.4 Å². The summed E-state index contributed by atoms with van der Waals surface area (Å²) >= 11 is 3.56. The summed E-state index contributed by atoms with van der Waals surface area (Å²) in [5.74, 6) is 1.43. The van der Waals surface area contributed by atoms with E-state index in [1.807, 2.05) is 24.0 Å². The number of likely N-dealkylation sites (tertiary alicyclic amines) is 1. The monoisotopic (exact) mass is 356 g/mol. The maximum absolute atomic E-state index is 12.1. The van der Waals surface area contributed by atoms with Crippen LogP contribution in [0.3, 0.4) is 0 Å². The van der Waals surface area contributed by atoms with E-state index in [4.69, 9.17) is 15.2 Å². The summed E-state index contributed by atoms with van der Waals surface area (Å²) in [5.41, 5.74) is 7.24. The van der Waals surface area contributed by atoms with Crippen molar-refractivity contribution in [1.29, 1.82) is 0 Å². The minimum Gasteiger partial charge on any atom is -0.493 e. The van der Waals surface area contributed by atoms with Crippen molar-refractivity contribution in [3.05, 3.63) is 22.2 Å². The number of halogens is 1. The first-order valence-electron chi connectivity index (χ1n) is 6.99. The lowest BCUT2D eigenvalue weighted by atomic mass is 9.90. The highest BCUT2D eigenvalue weighted by molar-refractivity contribution is 9.10. The Kier molecular flexibility index (Phi) is 5.11. The summed E-state index contributed by atoms with van der Waals surface area (Å²) in [4.78, 5) is 14.0. The molecule has 2 N–H and O–H groups in total. The minimum absolute atomic E-state index is 0.0861. The van der Waals surface area contributed by atoms with Crippen molar-refractivity contribution in [1.82, 2.24) is 4.90 Å². The fourth-order valence-corrected chi connectivity index (χ4v) is 3.40. The molecule has 2 atom stereocenters. The Bertz CT molecular complexity index is 536. The fourth-order valence-electron chi connectivity index (χ4n) is 2.85. The van der Waals surface area contributed by atoms with E-state index in [1.165, 1.54) is 0 Å². The van der Waals surface area contributed by atoms with Gasteiger partial charge in [0.15, 0.2) is 11.5 Å². The van der Waals surface area contributed by atoms with E-state index < -0.39 is 0 Å². The molecule has 0 aliphatic carbocycles. The lowest BCUT2D eigenvalue weighted by Crippen LogP contribution is -2.48. The molecule has 5 nitrogen and oxygen atoms in total. The number of benzene rings is 1. The number of hydrogen-bond acceptors (Lipinski definition) is 4. The smallest absolute Gasteiger partial charge is 0.223 e. The van der Waals surface area contributed by atoms with Gasteiger partial charge >= 0.3 is 0 Å². The van der Waals surface area contributed by atoms with Gasteiger partial charge in [0.05, 0.1) is 20.3 Å². The number of carbonyl (C=O) groups is 1. The number of rotatable bonds is 4. The Morgan fingerprint density at radius 3 is 2.52 bits per heavy atom. The summed E-state index contributed by atoms with van der Waals surface area (Å²) < 4.78 is 11.5. The lowest BCUT2D eigenvalue weighted by molar-refractivity contribution is -0.137. The second kappa shape index (κ2) is 6.66. The molecule has 1 aromatic carbocycles. The number of amides is 1. The van der Waals surface area contributed by atoms with Crippen LogP contribution in [0.5, 0.6) is 11.5 Å². The van der Waals surface area contributed by atoms with Gasteiger partial charge in [-0.15, -0.1) is 0 Å². The van der Waals surface area contributed by atoms with Crippen molar-refractivity contribution in [2.45, 2.75) is 31.8 Å². The third kappa shape index (κ3) is 3.01. The predicted molar refractivity (Wildman–Crippen MR) is 84.6 cm³/mol. The topological polar surface area (TPSA) is 64.8 Å². The predicted octanol–water partition coefficient (Wildman–Crippen LogP) is 2.48. The Morgan fingerprint density at radius 1 is 1.33 bits per heavy atom. The molecule has 21 heavy (non-hydrogen) atoms. The van der Waals surface area contributed by atoms with E-state index >= 15 is 0 Å². The summed E-state index contributed by atoms with van der Waals surface area (Å²) in [6.07, 6.45) is 1.21. The largest absolute Gasteiger partial charge is 0.493 e. The minimum atomic E-state index is -0.148. The number of carbonyl (C=O) groups excluding carboxylic acids is 1. The van der Waals surface area contributed by atoms with E-state index in [1.54, 1.807) is 14.2 Å². The third-order valence-corrected chi connectivity index (χ3v) is 4.60. The zero-order chi connectivity index (χ0) is 15.6. The van der Waals surface area contributed by atoms with E-state index in [0.29, 0.717) is 30.9 Å². The molecule has 1 saturated heterocycles. The molecule has 1 fully saturated rings. The highest BCUT2D eigenvalue weighted by atomic mass is 79.9. The molecule has 1 aliphatic heterocycles. The molecule has 116 valence electrons. The van der Waals surface area contributed by atoms with Crippen LogP contribution in [0.2, 0.25) is 0 Å². The molecule has 1 amide bonds. The van der Waals surface area contributed by atoms with Gasteiger partial charge in [0, 0.05) is 23.5 Å². The first-order chi connectivity index (χ1) is 10.0. The standard InChI is InChI=1S/C15H21BrN2O3/c1-4-18-14(19)6-5-11(17)15(18)9-7-12(20-2)13(21-3)8-10(9)16/h7-8,11,15H,4-6,17H2,1-3H3. The van der Waals surface area contributed by atoms with E-state index in [-0.39, 0.29) is 18.0 Å². The molecule has 6 heteroatoms. The van der Waals surface area contributed by atoms with Crippen LogP contribution < -0.4 is 15.2 Å². The molecule has 0 aromatic heterocycles. The van der Waals surface area contributed by atoms with Crippen LogP contribution in [0, 0.1) is 0 Å². The lowest BCUT2D eigenvalue weighted by Gasteiger charge is -2.40. The average Bonchev–Trinajstić information content (AvgIpc) is 2.49. The van der Waals surface area contributed by atoms with Gasteiger partial charge in [0.25, 0.3) is 0 Å². The van der Waals surface area contributed by atoms with Crippen molar-refractivity contribution >= 4 is 21.8 Å². The van der Waals surface area contributed by atoms with Crippen LogP contribution in [0.15, 0.2) is 16.6 Å². The van der Waals surface area contributed by atoms with Crippen LogP contribution in [-0.2, 0) is 4.79 Å². The molecule has 0 saturated carbocycles. The van der Waals surface area contributed by atoms with Crippen molar-refractivity contribution in [3.63, 3.8) is 0 Å². The van der Waals surface area contributed by atoms with Gasteiger partial charge in [-0.3, -0.25) is 4.79 Å². The molecule has 0 spiro atoms. The number of nitrogens with zero attached hydrogens (tertiary/aromatic N) is 1. The first kappa shape index (κ1) is 16.1. The van der Waals surface area contributed by atoms with E-state index in [9.17, 15) is 4.79 Å². The third-order valence-electron chi connectivity index (χ3n) is 3.92. The Morgan fingerprint density at radius 2 is 1.95 bits per heavy atom. The molecule has 1 aliphatic rings. The van der Waals surface area contributed by atoms with Gasteiger partial charge in [-0.05, 0) is 31.0 Å². The van der Waals surface area contributed by atoms with Crippen LogP contribution in [0.25, 0.3) is 0 Å². The molecule has 2 rings (SSSR count). The maximum Gasteiger partial charge on any atom is 0.223 e. The summed E-state index contributed by atoms with van der Waals surface area (Å²) in [5, 5.41) is 0. The maximum atomic E-state index is 12.1. The second-order valence-corrected chi connectivity index (χ2v) is 5.91. The summed E-state index contributed by atoms with van der Waals surface area (Å²) in [7, 11) is 3.19. The van der Waals surface area contributed by atoms with Crippen molar-refractivity contribution < 1.29 is 14.3 Å². The average molecular weight is 357 g/mol. The van der Waals surface area contributed by atoms with Gasteiger partial charge < -0.3 is 20.1 Å². The van der Waals surface area contributed by atoms with Crippen molar-refractivity contribution in [2.24, 2.45) is 5.73 Å². The van der Waals surface area contributed by atoms with Crippen molar-refractivity contribution in [2.75, 3.05) is 20.8 Å². The van der Waals surface area contributed by atoms with E-state index in [2.05, 4.69) is 15.9 Å². The quantitative estimate of drug-likeness (QED) is 0.899. The van der Waals surface area contributed by atoms with Gasteiger partial charge in [-0.2, -0.15) is 0 Å². The van der Waals surface area contributed by atoms with Gasteiger partial charge in [0.2, 0.25) is 5.91 Å². The van der Waals surface area contributed by atoms with Crippen LogP contribution >= 0.6 is 15.9 Å². The van der Waals surface area contributed by atoms with Gasteiger partial charge in [0.1, 0.15) is 0 Å². The fraction of sp³-hybridized carbons (Fsp3) is 0.533. The molecular weight excluding hydrogens is 336 g/mol. The molecular formula is C15H21BrN2O3. The SMILES string of the molecule is CCN1C(=O)CCC(N)C1c1cc(OC)c(OC)cc1Br. The van der Waals surface area contributed by atoms with Crippen LogP contribution in [0.4, 0.5) is 0 Å². The van der Waals surface area contributed by atoms with Gasteiger partial charge in [-0.1, -0.05) is 15.9 Å². The molecule has 0 radical (unpaired) electrons. The number of methoxy groups -OCH3 is 2. The highest BCUT2D eigenvalue weighted by Crippen LogP contribution is 2.40. The zero-order valence-electron chi connectivity index (χ0n) is 12.6. The number of hydrogen-bond donors (Lipinski definition) is 1. The van der Waals surface area contributed by atoms with Crippen molar-refractivity contribution in [3.8, 4) is 11.5 Å². The number of piperidine rings is 1. The summed E-state index contributed by atoms with van der Waals surface area (Å²) in [6.45, 7) is 2.61. The normalized spacial score (nSPS) is 22.3. The molecule has 1 heterocycles. The van der Waals surface area contributed by atoms with Gasteiger partial charge in [-0.25, -0.2) is 0 Å². The van der Waals surface area contributed by atoms with E-state index in [0.717, 1.165) is 10.0 Å². The first-order valence-corrected chi connectivity index (χ1v) is 7.79. The number of ether oxygens (including phenoxy) is 2. The Balaban J connectivity index is 2.49. The molecule has 1 aromatic rings. The number of likely N-dealkylation sites (N-methyl/N-ethyl adjacent to an activating group) is 1. The Hall–Kier alpha value is -1.27. The number of nitrogens with two attached hydrogens (primary N) is 1. The molecule has 2 unspecified atom stereocenters. The van der Waals surface area contributed by atoms with Crippen LogP contribution in [-0.4, -0.2) is 37.6 Å². The second-order valence-electron chi connectivity index (χ2n) is 5.06. The molecule has 0 bridgehead atoms. The Labute approximate surface area is 133 Å².